The Morgan fingerprint density at radius 1 is 1.14 bits per heavy atom. The molecule has 2 atom stereocenters. The summed E-state index contributed by atoms with van der Waals surface area (Å²) in [6, 6.07) is 1.78. The van der Waals surface area contributed by atoms with Gasteiger partial charge in [-0.3, -0.25) is 4.79 Å². The van der Waals surface area contributed by atoms with Crippen LogP contribution in [0.15, 0.2) is 0 Å². The van der Waals surface area contributed by atoms with E-state index in [4.69, 9.17) is 4.74 Å². The van der Waals surface area contributed by atoms with Crippen molar-refractivity contribution in [3.05, 3.63) is 0 Å². The van der Waals surface area contributed by atoms with Crippen LogP contribution in [-0.4, -0.2) is 48.2 Å². The van der Waals surface area contributed by atoms with Gasteiger partial charge in [-0.1, -0.05) is 0 Å². The standard InChI is InChI=1S/C17H30N2O2/c1-3-19(15-10-13-5-6-14(11-15)18-13)17(20)9-12-7-16(8-12)21-4-2/h12-16,18H,3-11H2,1-2H3. The highest BCUT2D eigenvalue weighted by Crippen LogP contribution is 2.35. The average Bonchev–Trinajstić information content (AvgIpc) is 2.76. The van der Waals surface area contributed by atoms with Gasteiger partial charge in [0.1, 0.15) is 0 Å². The zero-order chi connectivity index (χ0) is 14.8. The molecule has 1 amide bonds. The zero-order valence-corrected chi connectivity index (χ0v) is 13.5. The van der Waals surface area contributed by atoms with Crippen LogP contribution < -0.4 is 5.32 Å². The highest BCUT2D eigenvalue weighted by molar-refractivity contribution is 5.77. The van der Waals surface area contributed by atoms with Gasteiger partial charge in [0.25, 0.3) is 0 Å². The Kier molecular flexibility index (Phi) is 4.85. The second-order valence-corrected chi connectivity index (χ2v) is 7.06. The summed E-state index contributed by atoms with van der Waals surface area (Å²) in [5.41, 5.74) is 0. The van der Waals surface area contributed by atoms with Gasteiger partial charge in [-0.05, 0) is 58.3 Å². The molecule has 2 heterocycles. The van der Waals surface area contributed by atoms with Crippen LogP contribution in [-0.2, 0) is 9.53 Å². The quantitative estimate of drug-likeness (QED) is 0.817. The van der Waals surface area contributed by atoms with Gasteiger partial charge < -0.3 is 15.0 Å². The zero-order valence-electron chi connectivity index (χ0n) is 13.5. The van der Waals surface area contributed by atoms with E-state index in [0.29, 0.717) is 36.1 Å². The van der Waals surface area contributed by atoms with Crippen LogP contribution in [0, 0.1) is 5.92 Å². The number of rotatable bonds is 6. The summed E-state index contributed by atoms with van der Waals surface area (Å²) >= 11 is 0. The van der Waals surface area contributed by atoms with Crippen molar-refractivity contribution < 1.29 is 9.53 Å². The molecule has 1 aliphatic carbocycles. The second-order valence-electron chi connectivity index (χ2n) is 7.06. The first-order valence-corrected chi connectivity index (χ1v) is 8.86. The van der Waals surface area contributed by atoms with Gasteiger partial charge in [-0.15, -0.1) is 0 Å². The van der Waals surface area contributed by atoms with Gasteiger partial charge in [-0.25, -0.2) is 0 Å². The van der Waals surface area contributed by atoms with E-state index in [1.165, 1.54) is 12.8 Å². The fourth-order valence-corrected chi connectivity index (χ4v) is 4.50. The van der Waals surface area contributed by atoms with E-state index in [-0.39, 0.29) is 0 Å². The van der Waals surface area contributed by atoms with Crippen LogP contribution in [0.5, 0.6) is 0 Å². The van der Waals surface area contributed by atoms with Gasteiger partial charge in [0.05, 0.1) is 6.10 Å². The van der Waals surface area contributed by atoms with Gasteiger partial charge in [0.2, 0.25) is 5.91 Å². The summed E-state index contributed by atoms with van der Waals surface area (Å²) in [5.74, 6) is 0.935. The molecule has 2 bridgehead atoms. The molecule has 0 aromatic rings. The molecule has 3 rings (SSSR count). The molecule has 21 heavy (non-hydrogen) atoms. The number of nitrogens with one attached hydrogen (secondary N) is 1. The number of nitrogens with zero attached hydrogens (tertiary/aromatic N) is 1. The summed E-state index contributed by atoms with van der Waals surface area (Å²) in [7, 11) is 0. The number of carbonyl (C=O) groups is 1. The number of carbonyl (C=O) groups excluding carboxylic acids is 1. The highest BCUT2D eigenvalue weighted by atomic mass is 16.5. The SMILES string of the molecule is CCOC1CC(CC(=O)N(CC)C2CC3CCC(C2)N3)C1. The Bertz CT molecular complexity index is 356. The lowest BCUT2D eigenvalue weighted by atomic mass is 9.79. The van der Waals surface area contributed by atoms with Crippen LogP contribution in [0.3, 0.4) is 0 Å². The lowest BCUT2D eigenvalue weighted by Crippen LogP contribution is -2.50. The van der Waals surface area contributed by atoms with Crippen LogP contribution in [0.4, 0.5) is 0 Å². The number of amides is 1. The molecular weight excluding hydrogens is 264 g/mol. The van der Waals surface area contributed by atoms with Crippen molar-refractivity contribution >= 4 is 5.91 Å². The molecule has 0 radical (unpaired) electrons. The predicted molar refractivity (Wildman–Crippen MR) is 83.1 cm³/mol. The smallest absolute Gasteiger partial charge is 0.223 e. The second kappa shape index (κ2) is 6.66. The topological polar surface area (TPSA) is 41.6 Å². The van der Waals surface area contributed by atoms with Crippen molar-refractivity contribution in [2.45, 2.75) is 83.0 Å². The first kappa shape index (κ1) is 15.3. The van der Waals surface area contributed by atoms with E-state index in [1.54, 1.807) is 0 Å². The minimum Gasteiger partial charge on any atom is -0.378 e. The molecule has 2 aliphatic heterocycles. The fourth-order valence-electron chi connectivity index (χ4n) is 4.50. The molecule has 2 unspecified atom stereocenters. The van der Waals surface area contributed by atoms with Gasteiger partial charge in [-0.2, -0.15) is 0 Å². The third kappa shape index (κ3) is 3.42. The van der Waals surface area contributed by atoms with Crippen molar-refractivity contribution in [3.8, 4) is 0 Å². The van der Waals surface area contributed by atoms with Crippen molar-refractivity contribution in [1.82, 2.24) is 10.2 Å². The fraction of sp³-hybridized carbons (Fsp3) is 0.941. The summed E-state index contributed by atoms with van der Waals surface area (Å²) in [6.07, 6.45) is 8.21. The molecule has 3 aliphatic rings. The number of hydrogen-bond donors (Lipinski definition) is 1. The molecule has 4 nitrogen and oxygen atoms in total. The molecule has 3 fully saturated rings. The van der Waals surface area contributed by atoms with E-state index < -0.39 is 0 Å². The molecule has 4 heteroatoms. The summed E-state index contributed by atoms with van der Waals surface area (Å²) < 4.78 is 5.60. The molecule has 2 saturated heterocycles. The van der Waals surface area contributed by atoms with E-state index in [9.17, 15) is 4.79 Å². The van der Waals surface area contributed by atoms with Crippen molar-refractivity contribution in [2.75, 3.05) is 13.2 Å². The summed E-state index contributed by atoms with van der Waals surface area (Å²) in [5, 5.41) is 3.67. The third-order valence-electron chi connectivity index (χ3n) is 5.61. The molecule has 0 spiro atoms. The number of fused-ring (bicyclic) bond motifs is 2. The Balaban J connectivity index is 1.48. The monoisotopic (exact) mass is 294 g/mol. The molecule has 0 aromatic carbocycles. The van der Waals surface area contributed by atoms with Gasteiger partial charge in [0, 0.05) is 37.7 Å². The lowest BCUT2D eigenvalue weighted by Gasteiger charge is -2.40. The van der Waals surface area contributed by atoms with Crippen molar-refractivity contribution in [1.29, 1.82) is 0 Å². The first-order valence-electron chi connectivity index (χ1n) is 8.86. The van der Waals surface area contributed by atoms with Gasteiger partial charge in [0.15, 0.2) is 0 Å². The minimum absolute atomic E-state index is 0.378. The van der Waals surface area contributed by atoms with Crippen LogP contribution in [0.25, 0.3) is 0 Å². The number of ether oxygens (including phenoxy) is 1. The van der Waals surface area contributed by atoms with E-state index in [2.05, 4.69) is 17.1 Å². The highest BCUT2D eigenvalue weighted by Gasteiger charge is 2.38. The molecule has 0 aromatic heterocycles. The molecule has 120 valence electrons. The van der Waals surface area contributed by atoms with E-state index in [0.717, 1.165) is 45.3 Å². The maximum atomic E-state index is 12.6. The van der Waals surface area contributed by atoms with E-state index in [1.807, 2.05) is 6.92 Å². The van der Waals surface area contributed by atoms with Crippen LogP contribution in [0.2, 0.25) is 0 Å². The molecule has 1 saturated carbocycles. The van der Waals surface area contributed by atoms with Crippen molar-refractivity contribution in [2.24, 2.45) is 5.92 Å². The summed E-state index contributed by atoms with van der Waals surface area (Å²) in [4.78, 5) is 14.8. The summed E-state index contributed by atoms with van der Waals surface area (Å²) in [6.45, 7) is 5.84. The van der Waals surface area contributed by atoms with E-state index >= 15 is 0 Å². The number of piperidine rings is 1. The predicted octanol–water partition coefficient (Wildman–Crippen LogP) is 2.32. The van der Waals surface area contributed by atoms with Crippen molar-refractivity contribution in [3.63, 3.8) is 0 Å². The Morgan fingerprint density at radius 3 is 2.38 bits per heavy atom. The number of hydrogen-bond acceptors (Lipinski definition) is 3. The molecule has 1 N–H and O–H groups in total. The maximum Gasteiger partial charge on any atom is 0.223 e. The van der Waals surface area contributed by atoms with Crippen LogP contribution >= 0.6 is 0 Å². The first-order chi connectivity index (χ1) is 10.2. The average molecular weight is 294 g/mol. The lowest BCUT2D eigenvalue weighted by molar-refractivity contribution is -0.137. The largest absolute Gasteiger partial charge is 0.378 e. The third-order valence-corrected chi connectivity index (χ3v) is 5.61. The van der Waals surface area contributed by atoms with Crippen LogP contribution in [0.1, 0.15) is 58.8 Å². The Hall–Kier alpha value is -0.610. The Labute approximate surface area is 128 Å². The van der Waals surface area contributed by atoms with Gasteiger partial charge >= 0.3 is 0 Å². The minimum atomic E-state index is 0.378. The maximum absolute atomic E-state index is 12.6. The molecular formula is C17H30N2O2. The Morgan fingerprint density at radius 2 is 1.81 bits per heavy atom. The normalized spacial score (nSPS) is 38.1.